The third-order valence-electron chi connectivity index (χ3n) is 2.33. The van der Waals surface area contributed by atoms with Gasteiger partial charge in [0.2, 0.25) is 0 Å². The van der Waals surface area contributed by atoms with Crippen LogP contribution in [0.15, 0.2) is 0 Å². The van der Waals surface area contributed by atoms with Crippen LogP contribution in [0.5, 0.6) is 0 Å². The second-order valence-electron chi connectivity index (χ2n) is 5.16. The van der Waals surface area contributed by atoms with Gasteiger partial charge in [0.25, 0.3) is 0 Å². The van der Waals surface area contributed by atoms with Crippen LogP contribution in [0.4, 0.5) is 0 Å². The van der Waals surface area contributed by atoms with Gasteiger partial charge in [0.05, 0.1) is 0 Å². The molecule has 0 heterocycles. The number of hydrogen-bond donors (Lipinski definition) is 1. The normalized spacial score (nSPS) is 12.0. The summed E-state index contributed by atoms with van der Waals surface area (Å²) >= 11 is -1.22. The van der Waals surface area contributed by atoms with Gasteiger partial charge in [0, 0.05) is 0 Å². The molecule has 13 heavy (non-hydrogen) atoms. The molecule has 2 heteroatoms. The summed E-state index contributed by atoms with van der Waals surface area (Å²) in [5.74, 6) is 7.48. The molecule has 0 spiro atoms. The Labute approximate surface area is 86.3 Å². The first-order chi connectivity index (χ1) is 6.06. The summed E-state index contributed by atoms with van der Waals surface area (Å²) in [4.78, 5) is 0. The van der Waals surface area contributed by atoms with Gasteiger partial charge in [0.15, 0.2) is 0 Å². The van der Waals surface area contributed by atoms with E-state index >= 15 is 0 Å². The maximum absolute atomic E-state index is 8.58. The predicted octanol–water partition coefficient (Wildman–Crippen LogP) is 3.66. The minimum absolute atomic E-state index is 0.372. The van der Waals surface area contributed by atoms with Gasteiger partial charge in [-0.05, 0) is 0 Å². The number of rotatable bonds is 8. The number of aliphatic hydroxyl groups excluding tert-OH is 1. The van der Waals surface area contributed by atoms with Crippen LogP contribution >= 0.6 is 0 Å². The summed E-state index contributed by atoms with van der Waals surface area (Å²) in [5, 5.41) is 10.1. The molecule has 0 rings (SSSR count). The molecule has 0 unspecified atom stereocenters. The van der Waals surface area contributed by atoms with Crippen molar-refractivity contribution in [1.82, 2.24) is 0 Å². The molecule has 0 aromatic heterocycles. The van der Waals surface area contributed by atoms with Crippen molar-refractivity contribution >= 4 is 13.3 Å². The Kier molecular flexibility index (Phi) is 8.17. The standard InChI is InChI=1S/C11H26GeO/c1-12(2,3)10-8-6-4-5-7-9-11-13/h13H,4-11H2,1-3H3. The summed E-state index contributed by atoms with van der Waals surface area (Å²) in [6.07, 6.45) is 7.76. The van der Waals surface area contributed by atoms with Crippen LogP contribution in [-0.4, -0.2) is 25.0 Å². The molecule has 0 fully saturated rings. The van der Waals surface area contributed by atoms with E-state index in [9.17, 15) is 0 Å². The topological polar surface area (TPSA) is 20.2 Å². The maximum atomic E-state index is 8.58. The minimum atomic E-state index is -1.22. The Morgan fingerprint density at radius 3 is 1.69 bits per heavy atom. The van der Waals surface area contributed by atoms with Gasteiger partial charge < -0.3 is 0 Å². The summed E-state index contributed by atoms with van der Waals surface area (Å²) in [7, 11) is 0. The van der Waals surface area contributed by atoms with E-state index in [0.717, 1.165) is 6.42 Å². The molecule has 0 atom stereocenters. The van der Waals surface area contributed by atoms with Gasteiger partial charge in [-0.2, -0.15) is 0 Å². The van der Waals surface area contributed by atoms with Crippen LogP contribution in [0, 0.1) is 0 Å². The van der Waals surface area contributed by atoms with E-state index in [2.05, 4.69) is 17.3 Å². The SMILES string of the molecule is [CH3][Ge]([CH3])([CH3])[CH2]CCCCCCCO. The molecule has 0 saturated carbocycles. The number of hydrogen-bond acceptors (Lipinski definition) is 1. The van der Waals surface area contributed by atoms with E-state index in [1.165, 1.54) is 37.4 Å². The molecule has 0 radical (unpaired) electrons. The Morgan fingerprint density at radius 1 is 0.769 bits per heavy atom. The van der Waals surface area contributed by atoms with Crippen LogP contribution in [0.3, 0.4) is 0 Å². The molecule has 0 bridgehead atoms. The molecule has 0 aromatic rings. The molecule has 1 N–H and O–H groups in total. The van der Waals surface area contributed by atoms with E-state index in [1.807, 2.05) is 0 Å². The zero-order chi connectivity index (χ0) is 10.2. The predicted molar refractivity (Wildman–Crippen MR) is 62.9 cm³/mol. The quantitative estimate of drug-likeness (QED) is 0.512. The average molecular weight is 247 g/mol. The van der Waals surface area contributed by atoms with E-state index < -0.39 is 13.3 Å². The van der Waals surface area contributed by atoms with E-state index in [-0.39, 0.29) is 0 Å². The van der Waals surface area contributed by atoms with E-state index in [4.69, 9.17) is 5.11 Å². The zero-order valence-electron chi connectivity index (χ0n) is 9.60. The van der Waals surface area contributed by atoms with Gasteiger partial charge in [-0.15, -0.1) is 0 Å². The molecular formula is C11H26GeO. The van der Waals surface area contributed by atoms with Crippen molar-refractivity contribution in [3.8, 4) is 0 Å². The first-order valence-corrected chi connectivity index (χ1v) is 13.4. The van der Waals surface area contributed by atoms with Crippen molar-refractivity contribution in [2.75, 3.05) is 6.61 Å². The molecule has 1 nitrogen and oxygen atoms in total. The summed E-state index contributed by atoms with van der Waals surface area (Å²) in [5.41, 5.74) is 0. The molecule has 0 aliphatic carbocycles. The molecule has 0 aromatic carbocycles. The Morgan fingerprint density at radius 2 is 1.23 bits per heavy atom. The molecule has 0 aliphatic heterocycles. The van der Waals surface area contributed by atoms with Gasteiger partial charge in [-0.3, -0.25) is 0 Å². The monoisotopic (exact) mass is 248 g/mol. The molecular weight excluding hydrogens is 221 g/mol. The second-order valence-corrected chi connectivity index (χ2v) is 16.9. The Bertz CT molecular complexity index is 107. The molecule has 0 aliphatic rings. The number of unbranched alkanes of at least 4 members (excludes halogenated alkanes) is 5. The first-order valence-electron chi connectivity index (χ1n) is 5.67. The van der Waals surface area contributed by atoms with E-state index in [1.54, 1.807) is 0 Å². The summed E-state index contributed by atoms with van der Waals surface area (Å²) < 4.78 is 0. The van der Waals surface area contributed by atoms with Crippen LogP contribution < -0.4 is 0 Å². The van der Waals surface area contributed by atoms with Gasteiger partial charge >= 0.3 is 86.0 Å². The molecule has 0 amide bonds. The average Bonchev–Trinajstić information content (AvgIpc) is 2.01. The summed E-state index contributed by atoms with van der Waals surface area (Å²) in [6.45, 7) is 0.372. The van der Waals surface area contributed by atoms with Crippen molar-refractivity contribution in [2.45, 2.75) is 61.0 Å². The summed E-state index contributed by atoms with van der Waals surface area (Å²) in [6, 6.07) is 0. The van der Waals surface area contributed by atoms with E-state index in [0.29, 0.717) is 6.61 Å². The Balaban J connectivity index is 3.00. The fraction of sp³-hybridized carbons (Fsp3) is 1.00. The van der Waals surface area contributed by atoms with Crippen molar-refractivity contribution < 1.29 is 5.11 Å². The van der Waals surface area contributed by atoms with Crippen molar-refractivity contribution in [3.63, 3.8) is 0 Å². The van der Waals surface area contributed by atoms with Crippen molar-refractivity contribution in [2.24, 2.45) is 0 Å². The van der Waals surface area contributed by atoms with Crippen LogP contribution in [0.25, 0.3) is 0 Å². The van der Waals surface area contributed by atoms with Gasteiger partial charge in [-0.1, -0.05) is 0 Å². The first kappa shape index (κ1) is 13.5. The second kappa shape index (κ2) is 7.87. The van der Waals surface area contributed by atoms with Crippen LogP contribution in [0.1, 0.15) is 38.5 Å². The van der Waals surface area contributed by atoms with Crippen molar-refractivity contribution in [1.29, 1.82) is 0 Å². The molecule has 0 saturated heterocycles. The third-order valence-corrected chi connectivity index (χ3v) is 6.22. The van der Waals surface area contributed by atoms with Gasteiger partial charge in [0.1, 0.15) is 0 Å². The fourth-order valence-electron chi connectivity index (χ4n) is 1.47. The van der Waals surface area contributed by atoms with Crippen LogP contribution in [-0.2, 0) is 0 Å². The third kappa shape index (κ3) is 12.5. The zero-order valence-corrected chi connectivity index (χ0v) is 11.7. The molecule has 80 valence electrons. The van der Waals surface area contributed by atoms with Crippen LogP contribution in [0.2, 0.25) is 22.5 Å². The Hall–Kier alpha value is 0.503. The van der Waals surface area contributed by atoms with Gasteiger partial charge in [-0.25, -0.2) is 0 Å². The van der Waals surface area contributed by atoms with Crippen molar-refractivity contribution in [3.05, 3.63) is 0 Å². The fourth-order valence-corrected chi connectivity index (χ4v) is 4.22. The number of aliphatic hydroxyl groups is 1.